The standard InChI is InChI=1S/C18H13FO5S/c1-11-14(18(20)21)9-15(19)17(16(11)12-7-8-24-10-12)25(22,23)13-5-3-2-4-6-13/h2-10H,1H3,(H,20,21). The van der Waals surface area contributed by atoms with E-state index in [1.54, 1.807) is 6.07 Å². The van der Waals surface area contributed by atoms with Gasteiger partial charge in [0.25, 0.3) is 0 Å². The maximum atomic E-state index is 14.8. The second-order valence-electron chi connectivity index (χ2n) is 5.37. The Bertz CT molecular complexity index is 1040. The average Bonchev–Trinajstić information content (AvgIpc) is 3.10. The SMILES string of the molecule is Cc1c(C(=O)O)cc(F)c(S(=O)(=O)c2ccccc2)c1-c1ccoc1. The van der Waals surface area contributed by atoms with E-state index < -0.39 is 26.5 Å². The van der Waals surface area contributed by atoms with Gasteiger partial charge in [-0.3, -0.25) is 0 Å². The lowest BCUT2D eigenvalue weighted by molar-refractivity contribution is 0.0695. The van der Waals surface area contributed by atoms with Gasteiger partial charge in [0.15, 0.2) is 0 Å². The fourth-order valence-electron chi connectivity index (χ4n) is 2.68. The lowest BCUT2D eigenvalue weighted by Crippen LogP contribution is -2.11. The maximum absolute atomic E-state index is 14.8. The molecule has 0 aliphatic carbocycles. The Hall–Kier alpha value is -2.93. The number of carboxylic acids is 1. The third-order valence-corrected chi connectivity index (χ3v) is 5.69. The van der Waals surface area contributed by atoms with E-state index in [1.807, 2.05) is 0 Å². The molecule has 0 aliphatic heterocycles. The Morgan fingerprint density at radius 1 is 1.16 bits per heavy atom. The number of carboxylic acid groups (broad SMARTS) is 1. The minimum atomic E-state index is -4.20. The summed E-state index contributed by atoms with van der Waals surface area (Å²) in [6, 6.07) is 9.60. The quantitative estimate of drug-likeness (QED) is 0.762. The van der Waals surface area contributed by atoms with Crippen LogP contribution in [0.1, 0.15) is 15.9 Å². The minimum absolute atomic E-state index is 0.0185. The van der Waals surface area contributed by atoms with Crippen molar-refractivity contribution in [2.45, 2.75) is 16.7 Å². The van der Waals surface area contributed by atoms with E-state index in [0.29, 0.717) is 0 Å². The van der Waals surface area contributed by atoms with Crippen molar-refractivity contribution < 1.29 is 27.1 Å². The van der Waals surface area contributed by atoms with Gasteiger partial charge >= 0.3 is 5.97 Å². The molecule has 0 bridgehead atoms. The molecule has 1 aromatic heterocycles. The topological polar surface area (TPSA) is 84.6 Å². The molecule has 1 N–H and O–H groups in total. The van der Waals surface area contributed by atoms with E-state index in [1.165, 1.54) is 49.8 Å². The third kappa shape index (κ3) is 2.83. The highest BCUT2D eigenvalue weighted by Gasteiger charge is 2.30. The first-order chi connectivity index (χ1) is 11.8. The van der Waals surface area contributed by atoms with Crippen LogP contribution in [0, 0.1) is 12.7 Å². The summed E-state index contributed by atoms with van der Waals surface area (Å²) in [4.78, 5) is 10.7. The number of hydrogen-bond donors (Lipinski definition) is 1. The Morgan fingerprint density at radius 3 is 2.40 bits per heavy atom. The van der Waals surface area contributed by atoms with Gasteiger partial charge in [0.1, 0.15) is 10.7 Å². The number of halogens is 1. The molecule has 0 saturated heterocycles. The van der Waals surface area contributed by atoms with Crippen molar-refractivity contribution in [3.63, 3.8) is 0 Å². The molecule has 1 heterocycles. The molecular formula is C18H13FO5S. The average molecular weight is 360 g/mol. The van der Waals surface area contributed by atoms with E-state index in [4.69, 9.17) is 4.42 Å². The fraction of sp³-hybridized carbons (Fsp3) is 0.0556. The van der Waals surface area contributed by atoms with Gasteiger partial charge in [-0.05, 0) is 36.8 Å². The summed E-state index contributed by atoms with van der Waals surface area (Å²) in [6.07, 6.45) is 2.55. The third-order valence-electron chi connectivity index (χ3n) is 3.86. The second-order valence-corrected chi connectivity index (χ2v) is 7.26. The number of aromatic carboxylic acids is 1. The van der Waals surface area contributed by atoms with E-state index in [2.05, 4.69) is 0 Å². The lowest BCUT2D eigenvalue weighted by Gasteiger charge is -2.15. The first-order valence-electron chi connectivity index (χ1n) is 7.23. The summed E-state index contributed by atoms with van der Waals surface area (Å²) < 4.78 is 45.7. The summed E-state index contributed by atoms with van der Waals surface area (Å²) in [5.74, 6) is -2.46. The molecule has 0 atom stereocenters. The predicted octanol–water partition coefficient (Wildman–Crippen LogP) is 3.93. The smallest absolute Gasteiger partial charge is 0.336 e. The Kier molecular flexibility index (Phi) is 4.18. The Morgan fingerprint density at radius 2 is 1.84 bits per heavy atom. The van der Waals surface area contributed by atoms with Crippen LogP contribution in [0.4, 0.5) is 4.39 Å². The normalized spacial score (nSPS) is 11.4. The van der Waals surface area contributed by atoms with Gasteiger partial charge in [-0.15, -0.1) is 0 Å². The zero-order chi connectivity index (χ0) is 18.2. The van der Waals surface area contributed by atoms with Crippen molar-refractivity contribution >= 4 is 15.8 Å². The van der Waals surface area contributed by atoms with Gasteiger partial charge in [-0.1, -0.05) is 18.2 Å². The van der Waals surface area contributed by atoms with E-state index in [-0.39, 0.29) is 27.1 Å². The number of hydrogen-bond acceptors (Lipinski definition) is 4. The summed E-state index contributed by atoms with van der Waals surface area (Å²) in [5.41, 5.74) is 0.106. The maximum Gasteiger partial charge on any atom is 0.336 e. The zero-order valence-electron chi connectivity index (χ0n) is 13.1. The number of sulfone groups is 1. The highest BCUT2D eigenvalue weighted by Crippen LogP contribution is 2.37. The van der Waals surface area contributed by atoms with E-state index >= 15 is 0 Å². The van der Waals surface area contributed by atoms with Gasteiger partial charge in [-0.2, -0.15) is 0 Å². The van der Waals surface area contributed by atoms with Crippen molar-refractivity contribution in [1.82, 2.24) is 0 Å². The van der Waals surface area contributed by atoms with Gasteiger partial charge in [-0.25, -0.2) is 17.6 Å². The summed E-state index contributed by atoms with van der Waals surface area (Å²) in [7, 11) is -4.20. The molecule has 0 radical (unpaired) electrons. The fourth-order valence-corrected chi connectivity index (χ4v) is 4.29. The summed E-state index contributed by atoms with van der Waals surface area (Å²) in [5, 5.41) is 9.28. The molecule has 0 amide bonds. The van der Waals surface area contributed by atoms with Crippen LogP contribution < -0.4 is 0 Å². The number of carbonyl (C=O) groups is 1. The molecule has 0 fully saturated rings. The Balaban J connectivity index is 2.42. The molecule has 0 spiro atoms. The van der Waals surface area contributed by atoms with Crippen LogP contribution in [0.3, 0.4) is 0 Å². The van der Waals surface area contributed by atoms with Crippen LogP contribution in [-0.2, 0) is 9.84 Å². The van der Waals surface area contributed by atoms with Crippen LogP contribution in [0.5, 0.6) is 0 Å². The molecule has 25 heavy (non-hydrogen) atoms. The number of furan rings is 1. The largest absolute Gasteiger partial charge is 0.478 e. The lowest BCUT2D eigenvalue weighted by atomic mass is 9.97. The van der Waals surface area contributed by atoms with Gasteiger partial charge < -0.3 is 9.52 Å². The van der Waals surface area contributed by atoms with Crippen LogP contribution in [-0.4, -0.2) is 19.5 Å². The summed E-state index contributed by atoms with van der Waals surface area (Å²) in [6.45, 7) is 1.44. The zero-order valence-corrected chi connectivity index (χ0v) is 13.9. The van der Waals surface area contributed by atoms with Crippen molar-refractivity contribution in [2.24, 2.45) is 0 Å². The first kappa shape index (κ1) is 16.9. The highest BCUT2D eigenvalue weighted by molar-refractivity contribution is 7.91. The summed E-state index contributed by atoms with van der Waals surface area (Å²) >= 11 is 0. The van der Waals surface area contributed by atoms with Crippen LogP contribution in [0.15, 0.2) is 69.2 Å². The molecule has 0 aliphatic rings. The van der Waals surface area contributed by atoms with Crippen molar-refractivity contribution in [1.29, 1.82) is 0 Å². The number of rotatable bonds is 4. The van der Waals surface area contributed by atoms with Crippen molar-refractivity contribution in [3.05, 3.63) is 71.9 Å². The molecular weight excluding hydrogens is 347 g/mol. The molecule has 0 saturated carbocycles. The van der Waals surface area contributed by atoms with E-state index in [9.17, 15) is 22.7 Å². The monoisotopic (exact) mass is 360 g/mol. The first-order valence-corrected chi connectivity index (χ1v) is 8.71. The minimum Gasteiger partial charge on any atom is -0.478 e. The van der Waals surface area contributed by atoms with Crippen LogP contribution in [0.25, 0.3) is 11.1 Å². The van der Waals surface area contributed by atoms with Crippen molar-refractivity contribution in [3.8, 4) is 11.1 Å². The van der Waals surface area contributed by atoms with Gasteiger partial charge in [0.2, 0.25) is 9.84 Å². The van der Waals surface area contributed by atoms with Crippen LogP contribution >= 0.6 is 0 Å². The molecule has 2 aromatic carbocycles. The number of benzene rings is 2. The molecule has 3 aromatic rings. The predicted molar refractivity (Wildman–Crippen MR) is 87.7 cm³/mol. The van der Waals surface area contributed by atoms with E-state index in [0.717, 1.165) is 6.07 Å². The van der Waals surface area contributed by atoms with Crippen LogP contribution in [0.2, 0.25) is 0 Å². The molecule has 7 heteroatoms. The van der Waals surface area contributed by atoms with Gasteiger partial charge in [0.05, 0.1) is 23.0 Å². The molecule has 0 unspecified atom stereocenters. The molecule has 5 nitrogen and oxygen atoms in total. The molecule has 128 valence electrons. The second kappa shape index (κ2) is 6.18. The van der Waals surface area contributed by atoms with Gasteiger partial charge in [0, 0.05) is 11.1 Å². The Labute approximate surface area is 143 Å². The van der Waals surface area contributed by atoms with Crippen molar-refractivity contribution in [2.75, 3.05) is 0 Å². The molecule has 3 rings (SSSR count). The highest BCUT2D eigenvalue weighted by atomic mass is 32.2.